The Kier molecular flexibility index (Phi) is 7.76. The van der Waals surface area contributed by atoms with Crippen LogP contribution in [0.4, 0.5) is 13.2 Å². The smallest absolute Gasteiger partial charge is 0.359 e. The van der Waals surface area contributed by atoms with Crippen LogP contribution in [-0.2, 0) is 17.6 Å². The van der Waals surface area contributed by atoms with E-state index >= 15 is 0 Å². The van der Waals surface area contributed by atoms with Crippen LogP contribution in [0.25, 0.3) is 22.5 Å². The van der Waals surface area contributed by atoms with E-state index in [0.717, 1.165) is 22.9 Å². The first-order valence-corrected chi connectivity index (χ1v) is 16.0. The number of hydrogen-bond donors (Lipinski definition) is 0. The molecule has 0 unspecified atom stereocenters. The predicted molar refractivity (Wildman–Crippen MR) is 134 cm³/mol. The van der Waals surface area contributed by atoms with Crippen molar-refractivity contribution in [3.63, 3.8) is 0 Å². The molecule has 35 heavy (non-hydrogen) atoms. The maximum Gasteiger partial charge on any atom is 0.453 e. The first kappa shape index (κ1) is 25.6. The fourth-order valence-electron chi connectivity index (χ4n) is 4.32. The van der Waals surface area contributed by atoms with Gasteiger partial charge in [0.25, 0.3) is 5.82 Å². The van der Waals surface area contributed by atoms with Gasteiger partial charge >= 0.3 is 6.18 Å². The lowest BCUT2D eigenvalue weighted by atomic mass is 9.86. The predicted octanol–water partition coefficient (Wildman–Crippen LogP) is 7.39. The van der Waals surface area contributed by atoms with E-state index < -0.39 is 20.1 Å². The van der Waals surface area contributed by atoms with E-state index in [9.17, 15) is 13.2 Å². The maximum absolute atomic E-state index is 13.3. The molecule has 0 aliphatic heterocycles. The summed E-state index contributed by atoms with van der Waals surface area (Å²) in [5, 5.41) is 3.68. The van der Waals surface area contributed by atoms with Crippen LogP contribution in [0.3, 0.4) is 0 Å². The zero-order valence-corrected chi connectivity index (χ0v) is 21.6. The van der Waals surface area contributed by atoms with Gasteiger partial charge in [-0.25, -0.2) is 9.67 Å². The molecule has 2 heterocycles. The highest BCUT2D eigenvalue weighted by atomic mass is 28.3. The summed E-state index contributed by atoms with van der Waals surface area (Å²) < 4.78 is 46.8. The van der Waals surface area contributed by atoms with Crippen molar-refractivity contribution in [2.45, 2.75) is 76.6 Å². The minimum absolute atomic E-state index is 0.0722. The highest BCUT2D eigenvalue weighted by Gasteiger charge is 2.37. The summed E-state index contributed by atoms with van der Waals surface area (Å²) in [4.78, 5) is 8.49. The second kappa shape index (κ2) is 10.6. The van der Waals surface area contributed by atoms with Crippen LogP contribution >= 0.6 is 0 Å². The van der Waals surface area contributed by atoms with E-state index in [1.807, 2.05) is 18.3 Å². The van der Waals surface area contributed by atoms with Crippen molar-refractivity contribution in [1.82, 2.24) is 19.7 Å². The van der Waals surface area contributed by atoms with Crippen LogP contribution < -0.4 is 0 Å². The fraction of sp³-hybridized carbons (Fsp3) is 0.500. The molecule has 0 amide bonds. The van der Waals surface area contributed by atoms with Gasteiger partial charge in [-0.3, -0.25) is 4.98 Å². The van der Waals surface area contributed by atoms with Gasteiger partial charge in [0, 0.05) is 43.6 Å². The Bertz CT molecular complexity index is 1100. The molecule has 1 saturated carbocycles. The van der Waals surface area contributed by atoms with Gasteiger partial charge in [0.1, 0.15) is 6.73 Å². The van der Waals surface area contributed by atoms with Crippen molar-refractivity contribution in [3.05, 3.63) is 54.1 Å². The van der Waals surface area contributed by atoms with Crippen LogP contribution in [0.1, 0.15) is 49.5 Å². The van der Waals surface area contributed by atoms with Crippen molar-refractivity contribution in [3.8, 4) is 22.5 Å². The Hall–Kier alpha value is -2.52. The first-order chi connectivity index (χ1) is 16.6. The lowest BCUT2D eigenvalue weighted by Crippen LogP contribution is -2.22. The van der Waals surface area contributed by atoms with Gasteiger partial charge in [0.15, 0.2) is 5.82 Å². The zero-order chi connectivity index (χ0) is 25.1. The molecule has 1 fully saturated rings. The third-order valence-electron chi connectivity index (χ3n) is 6.42. The van der Waals surface area contributed by atoms with Crippen molar-refractivity contribution in [2.24, 2.45) is 0 Å². The molecule has 1 aromatic carbocycles. The number of pyridine rings is 1. The number of aromatic nitrogens is 4. The first-order valence-electron chi connectivity index (χ1n) is 12.3. The maximum atomic E-state index is 13.3. The van der Waals surface area contributed by atoms with Gasteiger partial charge in [-0.1, -0.05) is 69.2 Å². The Morgan fingerprint density at radius 3 is 2.20 bits per heavy atom. The van der Waals surface area contributed by atoms with E-state index in [4.69, 9.17) is 9.72 Å². The molecule has 1 aliphatic rings. The number of alkyl halides is 3. The number of ether oxygens (including phenoxy) is 1. The van der Waals surface area contributed by atoms with E-state index in [0.29, 0.717) is 18.1 Å². The Balaban J connectivity index is 1.51. The lowest BCUT2D eigenvalue weighted by Gasteiger charge is -2.21. The van der Waals surface area contributed by atoms with Crippen molar-refractivity contribution >= 4 is 8.07 Å². The monoisotopic (exact) mass is 502 g/mol. The standard InChI is InChI=1S/C26H33F3N4OSi/c1-35(2,3)16-15-34-18-33-24(31-25(32-33)26(27,28)29)21-11-9-19(10-12-21)22-13-14-23(30-17-22)20-7-5-4-6-8-20/h9-14,17,20H,4-8,15-16,18H2,1-3H3. The number of rotatable bonds is 8. The number of hydrogen-bond acceptors (Lipinski definition) is 4. The van der Waals surface area contributed by atoms with Gasteiger partial charge in [-0.05, 0) is 30.5 Å². The van der Waals surface area contributed by atoms with Crippen molar-refractivity contribution in [2.75, 3.05) is 6.61 Å². The zero-order valence-electron chi connectivity index (χ0n) is 20.6. The van der Waals surface area contributed by atoms with Crippen LogP contribution in [-0.4, -0.2) is 34.4 Å². The van der Waals surface area contributed by atoms with E-state index in [2.05, 4.69) is 41.9 Å². The van der Waals surface area contributed by atoms with Crippen LogP contribution in [0.5, 0.6) is 0 Å². The molecule has 9 heteroatoms. The van der Waals surface area contributed by atoms with E-state index in [1.54, 1.807) is 12.1 Å². The molecule has 0 saturated heterocycles. The Morgan fingerprint density at radius 1 is 0.943 bits per heavy atom. The Morgan fingerprint density at radius 2 is 1.60 bits per heavy atom. The molecule has 2 aromatic heterocycles. The molecule has 4 rings (SSSR count). The molecule has 0 spiro atoms. The normalized spacial score (nSPS) is 15.5. The number of halogens is 3. The summed E-state index contributed by atoms with van der Waals surface area (Å²) in [6.45, 7) is 7.08. The molecule has 1 aliphatic carbocycles. The van der Waals surface area contributed by atoms with Crippen molar-refractivity contribution < 1.29 is 17.9 Å². The molecule has 5 nitrogen and oxygen atoms in total. The topological polar surface area (TPSA) is 52.8 Å². The van der Waals surface area contributed by atoms with Gasteiger partial charge in [0.2, 0.25) is 0 Å². The second-order valence-corrected chi connectivity index (χ2v) is 16.1. The molecule has 3 aromatic rings. The van der Waals surface area contributed by atoms with Gasteiger partial charge in [-0.2, -0.15) is 13.2 Å². The van der Waals surface area contributed by atoms with Crippen LogP contribution in [0.2, 0.25) is 25.7 Å². The summed E-state index contributed by atoms with van der Waals surface area (Å²) in [6, 6.07) is 12.4. The quantitative estimate of drug-likeness (QED) is 0.238. The molecule has 0 radical (unpaired) electrons. The number of nitrogens with zero attached hydrogens (tertiary/aromatic N) is 4. The average molecular weight is 503 g/mol. The summed E-state index contributed by atoms with van der Waals surface area (Å²) in [6.07, 6.45) is 3.50. The SMILES string of the molecule is C[Si](C)(C)CCOCn1nc(C(F)(F)F)nc1-c1ccc(-c2ccc(C3CCCCC3)nc2)cc1. The second-order valence-electron chi connectivity index (χ2n) is 10.5. The van der Waals surface area contributed by atoms with E-state index in [-0.39, 0.29) is 12.6 Å². The van der Waals surface area contributed by atoms with Gasteiger partial charge in [-0.15, -0.1) is 5.10 Å². The average Bonchev–Trinajstić information content (AvgIpc) is 3.27. The van der Waals surface area contributed by atoms with Crippen molar-refractivity contribution in [1.29, 1.82) is 0 Å². The molecule has 0 bridgehead atoms. The summed E-state index contributed by atoms with van der Waals surface area (Å²) >= 11 is 0. The number of benzene rings is 1. The molecular weight excluding hydrogens is 469 g/mol. The highest BCUT2D eigenvalue weighted by Crippen LogP contribution is 2.33. The minimum Gasteiger partial charge on any atom is -0.359 e. The lowest BCUT2D eigenvalue weighted by molar-refractivity contribution is -0.145. The molecular formula is C26H33F3N4OSi. The fourth-order valence-corrected chi connectivity index (χ4v) is 5.08. The van der Waals surface area contributed by atoms with Crippen LogP contribution in [0.15, 0.2) is 42.6 Å². The van der Waals surface area contributed by atoms with E-state index in [1.165, 1.54) is 36.8 Å². The highest BCUT2D eigenvalue weighted by molar-refractivity contribution is 6.76. The third-order valence-corrected chi connectivity index (χ3v) is 8.13. The Labute approximate surface area is 205 Å². The minimum atomic E-state index is -4.62. The third kappa shape index (κ3) is 6.79. The molecule has 0 atom stereocenters. The summed E-state index contributed by atoms with van der Waals surface area (Å²) in [5.41, 5.74) is 3.62. The summed E-state index contributed by atoms with van der Waals surface area (Å²) in [7, 11) is -1.31. The van der Waals surface area contributed by atoms with Crippen LogP contribution in [0, 0.1) is 0 Å². The van der Waals surface area contributed by atoms with Gasteiger partial charge < -0.3 is 4.74 Å². The molecule has 188 valence electrons. The molecule has 0 N–H and O–H groups in total. The largest absolute Gasteiger partial charge is 0.453 e. The summed E-state index contributed by atoms with van der Waals surface area (Å²) in [5.74, 6) is -0.474. The van der Waals surface area contributed by atoms with Gasteiger partial charge in [0.05, 0.1) is 0 Å².